The average Bonchev–Trinajstić information content (AvgIpc) is 3.27. The number of carbonyl (C=O) groups excluding carboxylic acids is 2. The molecule has 2 saturated heterocycles. The Labute approximate surface area is 183 Å². The highest BCUT2D eigenvalue weighted by atomic mass is 16.6. The van der Waals surface area contributed by atoms with Gasteiger partial charge in [0.25, 0.3) is 5.91 Å². The summed E-state index contributed by atoms with van der Waals surface area (Å²) in [5.41, 5.74) is 1.04. The number of ether oxygens (including phenoxy) is 1. The first-order valence-electron chi connectivity index (χ1n) is 11.2. The first-order valence-corrected chi connectivity index (χ1v) is 11.2. The van der Waals surface area contributed by atoms with Gasteiger partial charge in [-0.25, -0.2) is 9.78 Å². The third-order valence-electron chi connectivity index (χ3n) is 5.84. The number of anilines is 1. The summed E-state index contributed by atoms with van der Waals surface area (Å²) in [6, 6.07) is 9.91. The highest BCUT2D eigenvalue weighted by molar-refractivity contribution is 6.02. The number of carbonyl (C=O) groups is 2. The molecule has 4 rings (SSSR count). The minimum absolute atomic E-state index is 0.0316. The number of likely N-dealkylation sites (tertiary alicyclic amines) is 1. The summed E-state index contributed by atoms with van der Waals surface area (Å²) in [7, 11) is 0. The molecular weight excluding hydrogens is 392 g/mol. The number of nitrogens with one attached hydrogen (secondary N) is 1. The summed E-state index contributed by atoms with van der Waals surface area (Å²) >= 11 is 0. The SMILES string of the molecule is CC(C)(C)OC(=O)N1CCC(NC(=O)c2cc3ccccc3nc2N2CCCC2)CC1. The lowest BCUT2D eigenvalue weighted by atomic mass is 10.0. The lowest BCUT2D eigenvalue weighted by molar-refractivity contribution is 0.0199. The van der Waals surface area contributed by atoms with E-state index >= 15 is 0 Å². The van der Waals surface area contributed by atoms with Crippen LogP contribution in [0.1, 0.15) is 56.8 Å². The van der Waals surface area contributed by atoms with Crippen LogP contribution in [0.4, 0.5) is 10.6 Å². The third kappa shape index (κ3) is 5.09. The number of rotatable bonds is 3. The van der Waals surface area contributed by atoms with Gasteiger partial charge in [0.2, 0.25) is 0 Å². The summed E-state index contributed by atoms with van der Waals surface area (Å²) in [6.07, 6.45) is 3.39. The fourth-order valence-electron chi connectivity index (χ4n) is 4.24. The van der Waals surface area contributed by atoms with Gasteiger partial charge in [-0.15, -0.1) is 0 Å². The molecule has 2 aliphatic rings. The summed E-state index contributed by atoms with van der Waals surface area (Å²) in [4.78, 5) is 34.3. The van der Waals surface area contributed by atoms with Gasteiger partial charge in [-0.05, 0) is 58.6 Å². The quantitative estimate of drug-likeness (QED) is 0.807. The summed E-state index contributed by atoms with van der Waals surface area (Å²) in [5, 5.41) is 4.15. The van der Waals surface area contributed by atoms with Gasteiger partial charge in [-0.3, -0.25) is 4.79 Å². The van der Waals surface area contributed by atoms with Gasteiger partial charge in [0.15, 0.2) is 0 Å². The Bertz CT molecular complexity index is 955. The molecule has 0 spiro atoms. The summed E-state index contributed by atoms with van der Waals surface area (Å²) < 4.78 is 5.46. The molecule has 0 saturated carbocycles. The van der Waals surface area contributed by atoms with Crippen LogP contribution in [0.2, 0.25) is 0 Å². The Morgan fingerprint density at radius 2 is 1.74 bits per heavy atom. The number of pyridine rings is 1. The lowest BCUT2D eigenvalue weighted by Gasteiger charge is -2.33. The predicted octanol–water partition coefficient (Wildman–Crippen LogP) is 3.96. The highest BCUT2D eigenvalue weighted by Gasteiger charge is 2.29. The number of hydrogen-bond acceptors (Lipinski definition) is 5. The molecule has 166 valence electrons. The standard InChI is InChI=1S/C24H32N4O3/c1-24(2,3)31-23(30)28-14-10-18(11-15-28)25-22(29)19-16-17-8-4-5-9-20(17)26-21(19)27-12-6-7-13-27/h4-5,8-9,16,18H,6-7,10-15H2,1-3H3,(H,25,29). The van der Waals surface area contributed by atoms with E-state index in [1.54, 1.807) is 4.90 Å². The van der Waals surface area contributed by atoms with Crippen molar-refractivity contribution in [2.24, 2.45) is 0 Å². The van der Waals surface area contributed by atoms with Crippen LogP contribution in [-0.2, 0) is 4.74 Å². The number of amides is 2. The fourth-order valence-corrected chi connectivity index (χ4v) is 4.24. The molecule has 0 aliphatic carbocycles. The predicted molar refractivity (Wildman–Crippen MR) is 121 cm³/mol. The van der Waals surface area contributed by atoms with Gasteiger partial charge >= 0.3 is 6.09 Å². The number of benzene rings is 1. The first kappa shape index (κ1) is 21.4. The average molecular weight is 425 g/mol. The zero-order chi connectivity index (χ0) is 22.0. The molecule has 2 aromatic rings. The normalized spacial score (nSPS) is 17.8. The Kier molecular flexibility index (Phi) is 6.03. The van der Waals surface area contributed by atoms with Gasteiger partial charge in [-0.1, -0.05) is 18.2 Å². The fraction of sp³-hybridized carbons (Fsp3) is 0.542. The number of hydrogen-bond donors (Lipinski definition) is 1. The van der Waals surface area contributed by atoms with E-state index in [4.69, 9.17) is 9.72 Å². The van der Waals surface area contributed by atoms with Gasteiger partial charge in [0.05, 0.1) is 11.1 Å². The molecule has 0 radical (unpaired) electrons. The lowest BCUT2D eigenvalue weighted by Crippen LogP contribution is -2.48. The van der Waals surface area contributed by atoms with Crippen molar-refractivity contribution < 1.29 is 14.3 Å². The van der Waals surface area contributed by atoms with Crippen LogP contribution in [0, 0.1) is 0 Å². The number of nitrogens with zero attached hydrogens (tertiary/aromatic N) is 3. The Balaban J connectivity index is 1.45. The van der Waals surface area contributed by atoms with Crippen molar-refractivity contribution in [3.63, 3.8) is 0 Å². The molecular formula is C24H32N4O3. The smallest absolute Gasteiger partial charge is 0.410 e. The molecule has 1 aromatic carbocycles. The van der Waals surface area contributed by atoms with Crippen LogP contribution in [0.15, 0.2) is 30.3 Å². The van der Waals surface area contributed by atoms with Crippen molar-refractivity contribution in [1.82, 2.24) is 15.2 Å². The van der Waals surface area contributed by atoms with Crippen LogP contribution in [0.5, 0.6) is 0 Å². The van der Waals surface area contributed by atoms with E-state index in [9.17, 15) is 9.59 Å². The summed E-state index contributed by atoms with van der Waals surface area (Å²) in [6.45, 7) is 8.62. The summed E-state index contributed by atoms with van der Waals surface area (Å²) in [5.74, 6) is 0.691. The molecule has 7 heteroatoms. The molecule has 2 amide bonds. The van der Waals surface area contributed by atoms with E-state index < -0.39 is 5.60 Å². The maximum absolute atomic E-state index is 13.3. The van der Waals surface area contributed by atoms with Gasteiger partial charge in [0.1, 0.15) is 11.4 Å². The molecule has 7 nitrogen and oxygen atoms in total. The molecule has 2 fully saturated rings. The monoisotopic (exact) mass is 424 g/mol. The first-order chi connectivity index (χ1) is 14.8. The molecule has 0 bridgehead atoms. The van der Waals surface area contributed by atoms with E-state index in [-0.39, 0.29) is 18.0 Å². The zero-order valence-electron chi connectivity index (χ0n) is 18.7. The van der Waals surface area contributed by atoms with Crippen molar-refractivity contribution in [1.29, 1.82) is 0 Å². The molecule has 1 N–H and O–H groups in total. The van der Waals surface area contributed by atoms with Crippen molar-refractivity contribution in [3.05, 3.63) is 35.9 Å². The minimum atomic E-state index is -0.503. The van der Waals surface area contributed by atoms with E-state index in [0.717, 1.165) is 42.7 Å². The number of piperidine rings is 1. The van der Waals surface area contributed by atoms with E-state index in [0.29, 0.717) is 31.5 Å². The van der Waals surface area contributed by atoms with Crippen molar-refractivity contribution in [3.8, 4) is 0 Å². The molecule has 31 heavy (non-hydrogen) atoms. The molecule has 0 unspecified atom stereocenters. The Hall–Kier alpha value is -2.83. The van der Waals surface area contributed by atoms with Gasteiger partial charge in [0, 0.05) is 37.6 Å². The van der Waals surface area contributed by atoms with E-state index in [1.807, 2.05) is 51.1 Å². The van der Waals surface area contributed by atoms with Crippen molar-refractivity contribution in [2.75, 3.05) is 31.1 Å². The maximum atomic E-state index is 13.3. The number of fused-ring (bicyclic) bond motifs is 1. The third-order valence-corrected chi connectivity index (χ3v) is 5.84. The van der Waals surface area contributed by atoms with Crippen LogP contribution in [0.3, 0.4) is 0 Å². The topological polar surface area (TPSA) is 74.8 Å². The van der Waals surface area contributed by atoms with Crippen LogP contribution in [-0.4, -0.2) is 59.7 Å². The zero-order valence-corrected chi connectivity index (χ0v) is 18.7. The van der Waals surface area contributed by atoms with E-state index in [2.05, 4.69) is 10.2 Å². The Morgan fingerprint density at radius 1 is 1.06 bits per heavy atom. The second kappa shape index (κ2) is 8.73. The van der Waals surface area contributed by atoms with Gasteiger partial charge < -0.3 is 19.9 Å². The molecule has 1 aromatic heterocycles. The second-order valence-electron chi connectivity index (χ2n) is 9.46. The molecule has 3 heterocycles. The van der Waals surface area contributed by atoms with Gasteiger partial charge in [-0.2, -0.15) is 0 Å². The van der Waals surface area contributed by atoms with Crippen molar-refractivity contribution >= 4 is 28.7 Å². The molecule has 2 aliphatic heterocycles. The maximum Gasteiger partial charge on any atom is 0.410 e. The number of aromatic nitrogens is 1. The second-order valence-corrected chi connectivity index (χ2v) is 9.46. The van der Waals surface area contributed by atoms with Crippen LogP contribution >= 0.6 is 0 Å². The van der Waals surface area contributed by atoms with Crippen molar-refractivity contribution in [2.45, 2.75) is 58.1 Å². The largest absolute Gasteiger partial charge is 0.444 e. The van der Waals surface area contributed by atoms with E-state index in [1.165, 1.54) is 0 Å². The molecule has 0 atom stereocenters. The Morgan fingerprint density at radius 3 is 2.42 bits per heavy atom. The van der Waals surface area contributed by atoms with Crippen LogP contribution in [0.25, 0.3) is 10.9 Å². The van der Waals surface area contributed by atoms with Crippen LogP contribution < -0.4 is 10.2 Å². The number of para-hydroxylation sites is 1. The minimum Gasteiger partial charge on any atom is -0.444 e. The highest BCUT2D eigenvalue weighted by Crippen LogP contribution is 2.27.